The van der Waals surface area contributed by atoms with Gasteiger partial charge in [0.25, 0.3) is 12.3 Å². The van der Waals surface area contributed by atoms with Gasteiger partial charge in [0.1, 0.15) is 18.2 Å². The summed E-state index contributed by atoms with van der Waals surface area (Å²) < 4.78 is 30.5. The fourth-order valence-electron chi connectivity index (χ4n) is 2.56. The molecule has 1 aromatic carbocycles. The fourth-order valence-corrected chi connectivity index (χ4v) is 3.16. The molecule has 2 N–H and O–H groups in total. The van der Waals surface area contributed by atoms with Crippen molar-refractivity contribution in [1.82, 2.24) is 10.3 Å². The molecule has 0 unspecified atom stereocenters. The number of carbonyl (C=O) groups is 2. The van der Waals surface area contributed by atoms with E-state index in [1.54, 1.807) is 39.0 Å². The van der Waals surface area contributed by atoms with Gasteiger partial charge >= 0.3 is 0 Å². The van der Waals surface area contributed by atoms with E-state index < -0.39 is 13.0 Å². The van der Waals surface area contributed by atoms with Crippen LogP contribution in [0.3, 0.4) is 0 Å². The molecule has 0 saturated heterocycles. The van der Waals surface area contributed by atoms with Gasteiger partial charge in [-0.25, -0.2) is 13.8 Å². The minimum absolute atomic E-state index is 0.181. The predicted molar refractivity (Wildman–Crippen MR) is 119 cm³/mol. The van der Waals surface area contributed by atoms with Crippen LogP contribution in [0.4, 0.5) is 14.6 Å². The second-order valence-electron chi connectivity index (χ2n) is 6.99. The second-order valence-corrected chi connectivity index (χ2v) is 7.75. The van der Waals surface area contributed by atoms with Crippen molar-refractivity contribution in [1.29, 1.82) is 0 Å². The van der Waals surface area contributed by atoms with Crippen molar-refractivity contribution in [2.75, 3.05) is 11.9 Å². The normalized spacial score (nSPS) is 10.9. The number of carbonyl (C=O) groups excluding carboxylic acids is 2. The van der Waals surface area contributed by atoms with Crippen LogP contribution in [0.5, 0.6) is 5.75 Å². The first kappa shape index (κ1) is 24.0. The van der Waals surface area contributed by atoms with Crippen molar-refractivity contribution in [2.24, 2.45) is 5.92 Å². The number of anilines is 1. The van der Waals surface area contributed by atoms with E-state index in [9.17, 15) is 18.4 Å². The molecule has 2 amide bonds. The fraction of sp³-hybridized carbons (Fsp3) is 0.381. The lowest BCUT2D eigenvalue weighted by Crippen LogP contribution is -2.24. The van der Waals surface area contributed by atoms with Gasteiger partial charge in [-0.3, -0.25) is 9.59 Å². The molecule has 0 bridgehead atoms. The van der Waals surface area contributed by atoms with Crippen LogP contribution in [0.2, 0.25) is 0 Å². The zero-order valence-electron chi connectivity index (χ0n) is 17.0. The summed E-state index contributed by atoms with van der Waals surface area (Å²) in [4.78, 5) is 28.7. The van der Waals surface area contributed by atoms with Gasteiger partial charge in [-0.1, -0.05) is 42.5 Å². The van der Waals surface area contributed by atoms with Crippen LogP contribution in [0.1, 0.15) is 41.0 Å². The molecule has 2 rings (SSSR count). The van der Waals surface area contributed by atoms with Gasteiger partial charge in [-0.15, -0.1) is 0 Å². The third kappa shape index (κ3) is 7.19. The highest BCUT2D eigenvalue weighted by Gasteiger charge is 2.13. The van der Waals surface area contributed by atoms with Gasteiger partial charge in [0.05, 0.1) is 0 Å². The summed E-state index contributed by atoms with van der Waals surface area (Å²) in [5.41, 5.74) is 2.59. The number of ether oxygens (including phenoxy) is 1. The van der Waals surface area contributed by atoms with Crippen molar-refractivity contribution in [3.05, 3.63) is 52.7 Å². The summed E-state index contributed by atoms with van der Waals surface area (Å²) in [7, 11) is 0. The van der Waals surface area contributed by atoms with Gasteiger partial charge in [0, 0.05) is 33.7 Å². The number of halogens is 3. The molecule has 2 aromatic rings. The maximum absolute atomic E-state index is 12.6. The number of pyridine rings is 1. The van der Waals surface area contributed by atoms with E-state index in [-0.39, 0.29) is 24.3 Å². The molecule has 0 radical (unpaired) electrons. The van der Waals surface area contributed by atoms with Crippen molar-refractivity contribution in [3.8, 4) is 5.75 Å². The standard InChI is InChI=1S/C21H24F2IN3O3/c1-12(2)20(28)27-19-8-15(6-13(3)26-19)21(29)25-10-14-4-5-17(16(7-14)9-24)30-11-18(22)23/h4-8,12,18H,9-11H2,1-3H3,(H,25,29)(H,26,27,28). The minimum Gasteiger partial charge on any atom is -0.487 e. The summed E-state index contributed by atoms with van der Waals surface area (Å²) in [6, 6.07) is 8.34. The number of nitrogens with zero attached hydrogens (tertiary/aromatic N) is 1. The first-order valence-electron chi connectivity index (χ1n) is 9.36. The molecule has 1 aromatic heterocycles. The van der Waals surface area contributed by atoms with Crippen LogP contribution >= 0.6 is 22.6 Å². The average Bonchev–Trinajstić information content (AvgIpc) is 2.69. The van der Waals surface area contributed by atoms with Crippen LogP contribution in [0.15, 0.2) is 30.3 Å². The lowest BCUT2D eigenvalue weighted by Gasteiger charge is -2.13. The zero-order chi connectivity index (χ0) is 22.3. The molecular weight excluding hydrogens is 507 g/mol. The number of rotatable bonds is 9. The summed E-state index contributed by atoms with van der Waals surface area (Å²) in [6.45, 7) is 4.88. The Morgan fingerprint density at radius 3 is 2.57 bits per heavy atom. The monoisotopic (exact) mass is 531 g/mol. The Balaban J connectivity index is 2.06. The summed E-state index contributed by atoms with van der Waals surface area (Å²) in [5, 5.41) is 5.52. The first-order valence-corrected chi connectivity index (χ1v) is 10.9. The van der Waals surface area contributed by atoms with Crippen molar-refractivity contribution in [2.45, 2.75) is 38.2 Å². The molecule has 0 fully saturated rings. The SMILES string of the molecule is Cc1cc(C(=O)NCc2ccc(OCC(F)F)c(CI)c2)cc(NC(=O)C(C)C)n1. The summed E-state index contributed by atoms with van der Waals surface area (Å²) >= 11 is 2.13. The number of amides is 2. The average molecular weight is 531 g/mol. The molecule has 0 spiro atoms. The maximum Gasteiger partial charge on any atom is 0.272 e. The number of aryl methyl sites for hydroxylation is 1. The lowest BCUT2D eigenvalue weighted by molar-refractivity contribution is -0.118. The van der Waals surface area contributed by atoms with E-state index in [0.29, 0.717) is 27.3 Å². The van der Waals surface area contributed by atoms with Gasteiger partial charge in [-0.2, -0.15) is 0 Å². The van der Waals surface area contributed by atoms with Crippen LogP contribution < -0.4 is 15.4 Å². The van der Waals surface area contributed by atoms with Gasteiger partial charge in [0.15, 0.2) is 0 Å². The van der Waals surface area contributed by atoms with Crippen LogP contribution in [-0.4, -0.2) is 29.8 Å². The highest BCUT2D eigenvalue weighted by atomic mass is 127. The van der Waals surface area contributed by atoms with Crippen LogP contribution in [-0.2, 0) is 15.8 Å². The smallest absolute Gasteiger partial charge is 0.272 e. The van der Waals surface area contributed by atoms with E-state index in [2.05, 4.69) is 38.2 Å². The maximum atomic E-state index is 12.6. The Kier molecular flexibility index (Phi) is 8.94. The van der Waals surface area contributed by atoms with Crippen LogP contribution in [0.25, 0.3) is 0 Å². The molecule has 162 valence electrons. The van der Waals surface area contributed by atoms with E-state index >= 15 is 0 Å². The van der Waals surface area contributed by atoms with E-state index in [4.69, 9.17) is 4.74 Å². The third-order valence-corrected chi connectivity index (χ3v) is 4.90. The van der Waals surface area contributed by atoms with Gasteiger partial charge in [-0.05, 0) is 36.8 Å². The zero-order valence-corrected chi connectivity index (χ0v) is 19.1. The molecule has 6 nitrogen and oxygen atoms in total. The molecule has 1 heterocycles. The molecule has 9 heteroatoms. The number of hydrogen-bond donors (Lipinski definition) is 2. The molecule has 0 aliphatic heterocycles. The number of benzene rings is 1. The highest BCUT2D eigenvalue weighted by molar-refractivity contribution is 14.1. The minimum atomic E-state index is -2.54. The topological polar surface area (TPSA) is 80.3 Å². The molecule has 0 aliphatic carbocycles. The number of nitrogens with one attached hydrogen (secondary N) is 2. The second kappa shape index (κ2) is 11.2. The van der Waals surface area contributed by atoms with Crippen molar-refractivity contribution < 1.29 is 23.1 Å². The van der Waals surface area contributed by atoms with Crippen LogP contribution in [0, 0.1) is 12.8 Å². The Morgan fingerprint density at radius 2 is 1.93 bits per heavy atom. The Morgan fingerprint density at radius 1 is 1.20 bits per heavy atom. The first-order chi connectivity index (χ1) is 14.2. The number of alkyl halides is 3. The molecular formula is C21H24F2IN3O3. The largest absolute Gasteiger partial charge is 0.487 e. The summed E-state index contributed by atoms with van der Waals surface area (Å²) in [6.07, 6.45) is -2.54. The van der Waals surface area contributed by atoms with Crippen molar-refractivity contribution >= 4 is 40.2 Å². The Bertz CT molecular complexity index is 907. The van der Waals surface area contributed by atoms with Crippen molar-refractivity contribution in [3.63, 3.8) is 0 Å². The Hall–Kier alpha value is -2.30. The Labute approximate surface area is 187 Å². The molecule has 30 heavy (non-hydrogen) atoms. The van der Waals surface area contributed by atoms with E-state index in [1.807, 2.05) is 6.07 Å². The summed E-state index contributed by atoms with van der Waals surface area (Å²) in [5.74, 6) is 0.0421. The quantitative estimate of drug-likeness (QED) is 0.369. The molecule has 0 atom stereocenters. The number of hydrogen-bond acceptors (Lipinski definition) is 4. The van der Waals surface area contributed by atoms with E-state index in [1.165, 1.54) is 6.07 Å². The molecule has 0 saturated carbocycles. The third-order valence-electron chi connectivity index (χ3n) is 4.08. The number of aromatic nitrogens is 1. The molecule has 0 aliphatic rings. The highest BCUT2D eigenvalue weighted by Crippen LogP contribution is 2.23. The van der Waals surface area contributed by atoms with Gasteiger partial charge in [0.2, 0.25) is 5.91 Å². The predicted octanol–water partition coefficient (Wildman–Crippen LogP) is 4.49. The lowest BCUT2D eigenvalue weighted by atomic mass is 10.1. The van der Waals surface area contributed by atoms with E-state index in [0.717, 1.165) is 11.1 Å². The van der Waals surface area contributed by atoms with Gasteiger partial charge < -0.3 is 15.4 Å².